The van der Waals surface area contributed by atoms with Crippen LogP contribution in [0.25, 0.3) is 32.9 Å². The van der Waals surface area contributed by atoms with Crippen LogP contribution < -0.4 is 4.74 Å². The van der Waals surface area contributed by atoms with Gasteiger partial charge in [-0.2, -0.15) is 8.42 Å². The summed E-state index contributed by atoms with van der Waals surface area (Å²) in [6.45, 7) is 3.33. The number of nitrogens with zero attached hydrogens (tertiary/aromatic N) is 3. The zero-order valence-electron chi connectivity index (χ0n) is 22.4. The van der Waals surface area contributed by atoms with Crippen molar-refractivity contribution in [1.29, 1.82) is 0 Å². The number of hydrogen-bond donors (Lipinski definition) is 0. The van der Waals surface area contributed by atoms with Gasteiger partial charge >= 0.3 is 0 Å². The van der Waals surface area contributed by atoms with Crippen molar-refractivity contribution in [2.24, 2.45) is 7.05 Å². The van der Waals surface area contributed by atoms with Crippen LogP contribution in [0.2, 0.25) is 0 Å². The molecule has 0 aliphatic carbocycles. The van der Waals surface area contributed by atoms with E-state index in [9.17, 15) is 8.42 Å². The van der Waals surface area contributed by atoms with E-state index < -0.39 is 10.1 Å². The molecule has 3 heterocycles. The first kappa shape index (κ1) is 27.7. The van der Waals surface area contributed by atoms with Crippen molar-refractivity contribution in [2.45, 2.75) is 11.8 Å². The standard InChI is InChI=1S/C30H31N3O6S/c1-22-3-6-25(7-4-22)40(34,35)39-18-16-37-14-13-36-15-17-38-30-20-24(9-12-32-30)23-5-8-26-27-21-31-11-10-28(27)33(2)29(26)19-23/h3-12,19-21H,13-18H2,1-2H3. The molecule has 2 aromatic carbocycles. The van der Waals surface area contributed by atoms with Crippen molar-refractivity contribution in [2.75, 3.05) is 39.6 Å². The number of rotatable bonds is 13. The van der Waals surface area contributed by atoms with E-state index in [0.717, 1.165) is 33.1 Å². The average molecular weight is 562 g/mol. The molecule has 208 valence electrons. The molecule has 0 saturated carbocycles. The van der Waals surface area contributed by atoms with Crippen LogP contribution >= 0.6 is 0 Å². The van der Waals surface area contributed by atoms with Crippen LogP contribution in [0.3, 0.4) is 0 Å². The summed E-state index contributed by atoms with van der Waals surface area (Å²) >= 11 is 0. The smallest absolute Gasteiger partial charge is 0.297 e. The predicted octanol–water partition coefficient (Wildman–Crippen LogP) is 4.91. The zero-order chi connectivity index (χ0) is 28.0. The molecule has 0 bridgehead atoms. The summed E-state index contributed by atoms with van der Waals surface area (Å²) in [4.78, 5) is 8.72. The van der Waals surface area contributed by atoms with Crippen molar-refractivity contribution in [1.82, 2.24) is 14.5 Å². The van der Waals surface area contributed by atoms with Crippen molar-refractivity contribution in [3.05, 3.63) is 84.8 Å². The SMILES string of the molecule is Cc1ccc(S(=O)(=O)OCCOCCOCCOc2cc(-c3ccc4c5cnccc5n(C)c4c3)ccn2)cc1. The Hall–Kier alpha value is -3.83. The molecule has 40 heavy (non-hydrogen) atoms. The number of fused-ring (bicyclic) bond motifs is 3. The Morgan fingerprint density at radius 3 is 2.27 bits per heavy atom. The van der Waals surface area contributed by atoms with E-state index in [1.165, 1.54) is 17.5 Å². The van der Waals surface area contributed by atoms with Crippen molar-refractivity contribution >= 4 is 31.9 Å². The molecule has 0 N–H and O–H groups in total. The van der Waals surface area contributed by atoms with Gasteiger partial charge in [-0.15, -0.1) is 0 Å². The lowest BCUT2D eigenvalue weighted by Crippen LogP contribution is -2.15. The van der Waals surface area contributed by atoms with Gasteiger partial charge in [0.25, 0.3) is 10.1 Å². The fourth-order valence-electron chi connectivity index (χ4n) is 4.40. The van der Waals surface area contributed by atoms with Crippen LogP contribution in [-0.4, -0.2) is 62.6 Å². The molecule has 0 aliphatic heterocycles. The molecule has 10 heteroatoms. The number of ether oxygens (including phenoxy) is 3. The van der Waals surface area contributed by atoms with Crippen molar-refractivity contribution in [3.63, 3.8) is 0 Å². The third-order valence-electron chi connectivity index (χ3n) is 6.50. The minimum atomic E-state index is -3.78. The fourth-order valence-corrected chi connectivity index (χ4v) is 5.30. The van der Waals surface area contributed by atoms with Crippen LogP contribution in [0.4, 0.5) is 0 Å². The second-order valence-electron chi connectivity index (χ2n) is 9.23. The normalized spacial score (nSPS) is 11.8. The summed E-state index contributed by atoms with van der Waals surface area (Å²) in [6.07, 6.45) is 5.44. The topological polar surface area (TPSA) is 102 Å². The molecule has 0 fully saturated rings. The molecular formula is C30H31N3O6S. The maximum Gasteiger partial charge on any atom is 0.297 e. The number of aryl methyl sites for hydroxylation is 2. The van der Waals surface area contributed by atoms with Gasteiger partial charge in [0.05, 0.1) is 43.4 Å². The molecule has 9 nitrogen and oxygen atoms in total. The molecule has 0 radical (unpaired) electrons. The van der Waals surface area contributed by atoms with E-state index in [2.05, 4.69) is 39.8 Å². The van der Waals surface area contributed by atoms with Crippen LogP contribution in [-0.2, 0) is 30.8 Å². The van der Waals surface area contributed by atoms with Gasteiger partial charge in [0.1, 0.15) is 6.61 Å². The first-order valence-electron chi connectivity index (χ1n) is 13.0. The van der Waals surface area contributed by atoms with Gasteiger partial charge in [-0.3, -0.25) is 9.17 Å². The maximum atomic E-state index is 12.1. The minimum absolute atomic E-state index is 0.0635. The van der Waals surface area contributed by atoms with Crippen LogP contribution in [0.15, 0.2) is 84.1 Å². The third-order valence-corrected chi connectivity index (χ3v) is 7.83. The first-order valence-corrected chi connectivity index (χ1v) is 14.4. The molecule has 3 aromatic heterocycles. The Labute approximate surface area is 233 Å². The van der Waals surface area contributed by atoms with Crippen molar-refractivity contribution < 1.29 is 26.8 Å². The zero-order valence-corrected chi connectivity index (χ0v) is 23.3. The van der Waals surface area contributed by atoms with E-state index >= 15 is 0 Å². The predicted molar refractivity (Wildman–Crippen MR) is 153 cm³/mol. The highest BCUT2D eigenvalue weighted by molar-refractivity contribution is 7.86. The molecule has 0 spiro atoms. The van der Waals surface area contributed by atoms with Gasteiger partial charge in [-0.25, -0.2) is 4.98 Å². The average Bonchev–Trinajstić information content (AvgIpc) is 3.25. The fraction of sp³-hybridized carbons (Fsp3) is 0.267. The molecule has 0 aliphatic rings. The van der Waals surface area contributed by atoms with Crippen LogP contribution in [0, 0.1) is 6.92 Å². The number of benzene rings is 2. The lowest BCUT2D eigenvalue weighted by molar-refractivity contribution is 0.0275. The van der Waals surface area contributed by atoms with E-state index in [-0.39, 0.29) is 18.1 Å². The lowest BCUT2D eigenvalue weighted by atomic mass is 10.0. The minimum Gasteiger partial charge on any atom is -0.475 e. The van der Waals surface area contributed by atoms with Gasteiger partial charge in [-0.1, -0.05) is 29.8 Å². The number of pyridine rings is 2. The van der Waals surface area contributed by atoms with Gasteiger partial charge in [0.15, 0.2) is 0 Å². The Balaban J connectivity index is 1.03. The molecule has 0 unspecified atom stereocenters. The van der Waals surface area contributed by atoms with E-state index in [1.54, 1.807) is 18.3 Å². The summed E-state index contributed by atoms with van der Waals surface area (Å²) in [5.41, 5.74) is 5.34. The van der Waals surface area contributed by atoms with Crippen molar-refractivity contribution in [3.8, 4) is 17.0 Å². The largest absolute Gasteiger partial charge is 0.475 e. The van der Waals surface area contributed by atoms with Gasteiger partial charge in [0, 0.05) is 48.0 Å². The molecule has 0 atom stereocenters. The van der Waals surface area contributed by atoms with Crippen LogP contribution in [0.1, 0.15) is 5.56 Å². The van der Waals surface area contributed by atoms with E-state index in [1.807, 2.05) is 37.5 Å². The molecule has 0 amide bonds. The Kier molecular flexibility index (Phi) is 8.71. The van der Waals surface area contributed by atoms with Gasteiger partial charge < -0.3 is 18.8 Å². The second-order valence-corrected chi connectivity index (χ2v) is 10.8. The number of aromatic nitrogens is 3. The highest BCUT2D eigenvalue weighted by Gasteiger charge is 2.14. The Bertz CT molecular complexity index is 1700. The van der Waals surface area contributed by atoms with E-state index in [0.29, 0.717) is 32.3 Å². The van der Waals surface area contributed by atoms with Crippen LogP contribution in [0.5, 0.6) is 5.88 Å². The monoisotopic (exact) mass is 561 g/mol. The van der Waals surface area contributed by atoms with Gasteiger partial charge in [-0.05, 0) is 48.4 Å². The Morgan fingerprint density at radius 2 is 1.48 bits per heavy atom. The molecular weight excluding hydrogens is 530 g/mol. The molecule has 5 rings (SSSR count). The first-order chi connectivity index (χ1) is 19.4. The highest BCUT2D eigenvalue weighted by Crippen LogP contribution is 2.31. The summed E-state index contributed by atoms with van der Waals surface area (Å²) in [5, 5.41) is 2.30. The van der Waals surface area contributed by atoms with Gasteiger partial charge in [0.2, 0.25) is 5.88 Å². The summed E-state index contributed by atoms with van der Waals surface area (Å²) < 4.78 is 48.2. The van der Waals surface area contributed by atoms with E-state index in [4.69, 9.17) is 18.4 Å². The summed E-state index contributed by atoms with van der Waals surface area (Å²) in [6, 6.07) is 18.8. The maximum absolute atomic E-state index is 12.1. The highest BCUT2D eigenvalue weighted by atomic mass is 32.2. The molecule has 0 saturated heterocycles. The molecule has 5 aromatic rings. The number of hydrogen-bond acceptors (Lipinski definition) is 8. The Morgan fingerprint density at radius 1 is 0.750 bits per heavy atom. The summed E-state index contributed by atoms with van der Waals surface area (Å²) in [5.74, 6) is 0.519. The second kappa shape index (κ2) is 12.6. The lowest BCUT2D eigenvalue weighted by Gasteiger charge is -2.09. The third kappa shape index (κ3) is 6.48. The summed E-state index contributed by atoms with van der Waals surface area (Å²) in [7, 11) is -1.72. The quantitative estimate of drug-likeness (QED) is 0.148.